The molecule has 0 saturated carbocycles. The Labute approximate surface area is 229 Å². The van der Waals surface area contributed by atoms with Gasteiger partial charge >= 0.3 is 0 Å². The molecule has 4 aromatic rings. The van der Waals surface area contributed by atoms with Crippen LogP contribution in [0.2, 0.25) is 0 Å². The van der Waals surface area contributed by atoms with Crippen LogP contribution in [0.5, 0.6) is 5.75 Å². The summed E-state index contributed by atoms with van der Waals surface area (Å²) in [6.07, 6.45) is 1.45. The van der Waals surface area contributed by atoms with Crippen LogP contribution in [0.4, 0.5) is 5.69 Å². The zero-order valence-corrected chi connectivity index (χ0v) is 22.2. The van der Waals surface area contributed by atoms with Crippen LogP contribution in [-0.4, -0.2) is 29.7 Å². The second-order valence-electron chi connectivity index (χ2n) is 8.53. The number of ether oxygens (including phenoxy) is 1. The number of carbonyl (C=O) groups is 2. The first kappa shape index (κ1) is 26.8. The number of hydrogen-bond donors (Lipinski definition) is 3. The summed E-state index contributed by atoms with van der Waals surface area (Å²) in [6.45, 7) is 1.82. The van der Waals surface area contributed by atoms with Gasteiger partial charge in [-0.05, 0) is 69.9 Å². The standard InChI is InChI=1S/C30H26BrN3O4/c1-21-12-15-25(16-13-21)33-28(35)20-38-27-17-14-22(18-26(27)31)19-32-34-29(36)30(37,23-8-4-2-5-9-23)24-10-6-3-7-11-24/h2-19,37H,20H2,1H3,(H,33,35)(H,34,36)/b32-19-. The number of nitrogens with one attached hydrogen (secondary N) is 2. The fraction of sp³-hybridized carbons (Fsp3) is 0.100. The van der Waals surface area contributed by atoms with Crippen molar-refractivity contribution in [1.29, 1.82) is 0 Å². The summed E-state index contributed by atoms with van der Waals surface area (Å²) in [5, 5.41) is 18.3. The lowest BCUT2D eigenvalue weighted by molar-refractivity contribution is -0.136. The van der Waals surface area contributed by atoms with Gasteiger partial charge in [0.1, 0.15) is 5.75 Å². The van der Waals surface area contributed by atoms with Gasteiger partial charge in [0.15, 0.2) is 12.2 Å². The highest BCUT2D eigenvalue weighted by Crippen LogP contribution is 2.30. The lowest BCUT2D eigenvalue weighted by atomic mass is 9.85. The average molecular weight is 572 g/mol. The van der Waals surface area contributed by atoms with Crippen LogP contribution in [-0.2, 0) is 15.2 Å². The second kappa shape index (κ2) is 12.3. The number of halogens is 1. The Bertz CT molecular complexity index is 1390. The molecule has 2 amide bonds. The van der Waals surface area contributed by atoms with Gasteiger partial charge in [-0.1, -0.05) is 78.4 Å². The van der Waals surface area contributed by atoms with E-state index in [2.05, 4.69) is 31.8 Å². The molecule has 0 aliphatic heterocycles. The van der Waals surface area contributed by atoms with Crippen molar-refractivity contribution in [3.05, 3.63) is 130 Å². The number of benzene rings is 4. The highest BCUT2D eigenvalue weighted by molar-refractivity contribution is 9.10. The van der Waals surface area contributed by atoms with Crippen LogP contribution < -0.4 is 15.5 Å². The predicted octanol–water partition coefficient (Wildman–Crippen LogP) is 5.16. The number of aryl methyl sites for hydroxylation is 1. The molecule has 0 bridgehead atoms. The Morgan fingerprint density at radius 1 is 0.921 bits per heavy atom. The maximum Gasteiger partial charge on any atom is 0.281 e. The van der Waals surface area contributed by atoms with Gasteiger partial charge in [0, 0.05) is 5.69 Å². The molecule has 4 rings (SSSR count). The van der Waals surface area contributed by atoms with Crippen molar-refractivity contribution >= 4 is 39.6 Å². The number of amides is 2. The van der Waals surface area contributed by atoms with E-state index in [-0.39, 0.29) is 12.5 Å². The summed E-state index contributed by atoms with van der Waals surface area (Å²) in [7, 11) is 0. The van der Waals surface area contributed by atoms with Gasteiger partial charge in [0.2, 0.25) is 0 Å². The minimum Gasteiger partial charge on any atom is -0.483 e. The lowest BCUT2D eigenvalue weighted by Gasteiger charge is -2.27. The predicted molar refractivity (Wildman–Crippen MR) is 151 cm³/mol. The zero-order chi connectivity index (χ0) is 27.0. The van der Waals surface area contributed by atoms with Gasteiger partial charge in [0.25, 0.3) is 11.8 Å². The van der Waals surface area contributed by atoms with Crippen LogP contribution in [0.15, 0.2) is 113 Å². The van der Waals surface area contributed by atoms with Crippen molar-refractivity contribution in [2.24, 2.45) is 5.10 Å². The molecule has 38 heavy (non-hydrogen) atoms. The monoisotopic (exact) mass is 571 g/mol. The molecule has 4 aromatic carbocycles. The smallest absolute Gasteiger partial charge is 0.281 e. The molecule has 192 valence electrons. The van der Waals surface area contributed by atoms with Gasteiger partial charge in [-0.15, -0.1) is 0 Å². The van der Waals surface area contributed by atoms with Gasteiger partial charge in [-0.25, -0.2) is 5.43 Å². The third-order valence-electron chi connectivity index (χ3n) is 5.74. The van der Waals surface area contributed by atoms with E-state index in [1.807, 2.05) is 43.3 Å². The minimum atomic E-state index is -1.92. The molecule has 0 heterocycles. The van der Waals surface area contributed by atoms with Crippen molar-refractivity contribution in [3.63, 3.8) is 0 Å². The van der Waals surface area contributed by atoms with Crippen LogP contribution in [0, 0.1) is 6.92 Å². The molecule has 0 aliphatic carbocycles. The molecule has 0 aromatic heterocycles. The van der Waals surface area contributed by atoms with Gasteiger partial charge in [-0.3, -0.25) is 9.59 Å². The van der Waals surface area contributed by atoms with Crippen molar-refractivity contribution < 1.29 is 19.4 Å². The number of nitrogens with zero attached hydrogens (tertiary/aromatic N) is 1. The Morgan fingerprint density at radius 3 is 2.11 bits per heavy atom. The largest absolute Gasteiger partial charge is 0.483 e. The number of hydrazone groups is 1. The topological polar surface area (TPSA) is 100 Å². The van der Waals surface area contributed by atoms with E-state index in [0.29, 0.717) is 32.6 Å². The van der Waals surface area contributed by atoms with Crippen LogP contribution in [0.25, 0.3) is 0 Å². The second-order valence-corrected chi connectivity index (χ2v) is 9.39. The quantitative estimate of drug-likeness (QED) is 0.191. The Kier molecular flexibility index (Phi) is 8.68. The molecule has 0 aliphatic rings. The van der Waals surface area contributed by atoms with Crippen LogP contribution in [0.1, 0.15) is 22.3 Å². The summed E-state index contributed by atoms with van der Waals surface area (Å²) in [5.41, 5.74) is 3.85. The first-order valence-electron chi connectivity index (χ1n) is 11.8. The van der Waals surface area contributed by atoms with Gasteiger partial charge in [0.05, 0.1) is 10.7 Å². The molecular formula is C30H26BrN3O4. The van der Waals surface area contributed by atoms with E-state index in [1.165, 1.54) is 6.21 Å². The molecule has 7 nitrogen and oxygen atoms in total. The molecule has 3 N–H and O–H groups in total. The van der Waals surface area contributed by atoms with Crippen LogP contribution >= 0.6 is 15.9 Å². The number of carbonyl (C=O) groups excluding carboxylic acids is 2. The molecule has 0 radical (unpaired) electrons. The highest BCUT2D eigenvalue weighted by atomic mass is 79.9. The van der Waals surface area contributed by atoms with E-state index in [9.17, 15) is 14.7 Å². The van der Waals surface area contributed by atoms with Crippen molar-refractivity contribution in [2.45, 2.75) is 12.5 Å². The molecule has 0 saturated heterocycles. The third-order valence-corrected chi connectivity index (χ3v) is 6.36. The van der Waals surface area contributed by atoms with E-state index in [0.717, 1.165) is 5.56 Å². The first-order valence-corrected chi connectivity index (χ1v) is 12.6. The summed E-state index contributed by atoms with van der Waals surface area (Å²) >= 11 is 3.44. The normalized spacial score (nSPS) is 11.2. The van der Waals surface area contributed by atoms with Crippen molar-refractivity contribution in [1.82, 2.24) is 5.43 Å². The molecule has 0 fully saturated rings. The lowest BCUT2D eigenvalue weighted by Crippen LogP contribution is -2.43. The third kappa shape index (κ3) is 6.53. The van der Waals surface area contributed by atoms with Gasteiger partial charge < -0.3 is 15.2 Å². The Morgan fingerprint density at radius 2 is 1.53 bits per heavy atom. The van der Waals surface area contributed by atoms with E-state index < -0.39 is 11.5 Å². The maximum absolute atomic E-state index is 13.1. The van der Waals surface area contributed by atoms with Crippen molar-refractivity contribution in [3.8, 4) is 5.75 Å². The summed E-state index contributed by atoms with van der Waals surface area (Å²) < 4.78 is 6.24. The first-order chi connectivity index (χ1) is 18.4. The molecule has 0 atom stereocenters. The molecular weight excluding hydrogens is 546 g/mol. The number of hydrogen-bond acceptors (Lipinski definition) is 5. The zero-order valence-electron chi connectivity index (χ0n) is 20.6. The maximum atomic E-state index is 13.1. The SMILES string of the molecule is Cc1ccc(NC(=O)COc2ccc(/C=N\NC(=O)C(O)(c3ccccc3)c3ccccc3)cc2Br)cc1. The summed E-state index contributed by atoms with van der Waals surface area (Å²) in [5.74, 6) is -0.490. The number of rotatable bonds is 9. The summed E-state index contributed by atoms with van der Waals surface area (Å²) in [4.78, 5) is 25.3. The fourth-order valence-electron chi connectivity index (χ4n) is 3.73. The van der Waals surface area contributed by atoms with Crippen LogP contribution in [0.3, 0.4) is 0 Å². The number of anilines is 1. The molecule has 8 heteroatoms. The fourth-order valence-corrected chi connectivity index (χ4v) is 4.24. The van der Waals surface area contributed by atoms with E-state index >= 15 is 0 Å². The van der Waals surface area contributed by atoms with E-state index in [4.69, 9.17) is 4.74 Å². The Hall–Kier alpha value is -4.27. The van der Waals surface area contributed by atoms with Crippen molar-refractivity contribution in [2.75, 3.05) is 11.9 Å². The molecule has 0 spiro atoms. The minimum absolute atomic E-state index is 0.159. The average Bonchev–Trinajstić information content (AvgIpc) is 2.94. The number of aliphatic hydroxyl groups is 1. The highest BCUT2D eigenvalue weighted by Gasteiger charge is 2.39. The van der Waals surface area contributed by atoms with E-state index in [1.54, 1.807) is 66.7 Å². The molecule has 0 unspecified atom stereocenters. The Balaban J connectivity index is 1.39. The summed E-state index contributed by atoms with van der Waals surface area (Å²) in [6, 6.07) is 30.1. The van der Waals surface area contributed by atoms with Gasteiger partial charge in [-0.2, -0.15) is 5.10 Å².